The van der Waals surface area contributed by atoms with E-state index in [1.54, 1.807) is 0 Å². The quantitative estimate of drug-likeness (QED) is 0.740. The number of fused-ring (bicyclic) bond motifs is 2. The first-order chi connectivity index (χ1) is 8.19. The average molecular weight is 239 g/mol. The van der Waals surface area contributed by atoms with Gasteiger partial charge in [0.2, 0.25) is 5.91 Å². The van der Waals surface area contributed by atoms with Crippen LogP contribution in [0.2, 0.25) is 0 Å². The molecule has 2 rings (SSSR count). The van der Waals surface area contributed by atoms with Crippen molar-refractivity contribution in [2.24, 2.45) is 17.8 Å². The molecule has 2 bridgehead atoms. The fraction of sp³-hybridized carbons (Fsp3) is 0.846. The van der Waals surface area contributed by atoms with E-state index in [1.165, 1.54) is 32.8 Å². The van der Waals surface area contributed by atoms with Crippen LogP contribution in [0.25, 0.3) is 0 Å². The standard InChI is InChI=1S/C13H21NO3/c1-17-13(16)4-5-14-12(15)8-11-7-9-2-3-10(11)6-9/h9-11H,2-8H2,1H3,(H,14,15). The molecule has 0 heterocycles. The second kappa shape index (κ2) is 5.52. The predicted molar refractivity (Wildman–Crippen MR) is 63.2 cm³/mol. The molecule has 2 fully saturated rings. The summed E-state index contributed by atoms with van der Waals surface area (Å²) in [7, 11) is 1.36. The number of carbonyl (C=O) groups excluding carboxylic acids is 2. The smallest absolute Gasteiger partial charge is 0.307 e. The zero-order valence-corrected chi connectivity index (χ0v) is 10.4. The number of amides is 1. The maximum Gasteiger partial charge on any atom is 0.307 e. The first-order valence-corrected chi connectivity index (χ1v) is 6.52. The molecule has 0 aromatic rings. The molecule has 1 N–H and O–H groups in total. The van der Waals surface area contributed by atoms with Gasteiger partial charge in [-0.15, -0.1) is 0 Å². The van der Waals surface area contributed by atoms with Crippen molar-refractivity contribution < 1.29 is 14.3 Å². The Bertz CT molecular complexity index is 303. The van der Waals surface area contributed by atoms with Gasteiger partial charge in [0.25, 0.3) is 0 Å². The lowest BCUT2D eigenvalue weighted by atomic mass is 9.86. The third-order valence-electron chi connectivity index (χ3n) is 4.21. The summed E-state index contributed by atoms with van der Waals surface area (Å²) >= 11 is 0. The Hall–Kier alpha value is -1.06. The van der Waals surface area contributed by atoms with Crippen LogP contribution in [0.3, 0.4) is 0 Å². The molecule has 4 nitrogen and oxygen atoms in total. The Labute approximate surface area is 102 Å². The van der Waals surface area contributed by atoms with Gasteiger partial charge in [-0.2, -0.15) is 0 Å². The molecule has 1 amide bonds. The van der Waals surface area contributed by atoms with Crippen molar-refractivity contribution in [3.63, 3.8) is 0 Å². The number of esters is 1. The number of ether oxygens (including phenoxy) is 1. The Morgan fingerprint density at radius 2 is 2.12 bits per heavy atom. The number of carbonyl (C=O) groups is 2. The second-order valence-corrected chi connectivity index (χ2v) is 5.32. The van der Waals surface area contributed by atoms with E-state index in [9.17, 15) is 9.59 Å². The first kappa shape index (κ1) is 12.4. The zero-order valence-electron chi connectivity index (χ0n) is 10.4. The molecule has 0 saturated heterocycles. The highest BCUT2D eigenvalue weighted by atomic mass is 16.5. The zero-order chi connectivity index (χ0) is 12.3. The molecule has 0 spiro atoms. The Morgan fingerprint density at radius 3 is 2.71 bits per heavy atom. The summed E-state index contributed by atoms with van der Waals surface area (Å²) in [6.07, 6.45) is 6.15. The summed E-state index contributed by atoms with van der Waals surface area (Å²) in [6, 6.07) is 0. The molecule has 0 aromatic heterocycles. The first-order valence-electron chi connectivity index (χ1n) is 6.52. The van der Waals surface area contributed by atoms with Gasteiger partial charge in [-0.25, -0.2) is 0 Å². The maximum atomic E-state index is 11.7. The Morgan fingerprint density at radius 1 is 1.29 bits per heavy atom. The van der Waals surface area contributed by atoms with Crippen LogP contribution < -0.4 is 5.32 Å². The summed E-state index contributed by atoms with van der Waals surface area (Å²) in [6.45, 7) is 0.395. The number of rotatable bonds is 5. The van der Waals surface area contributed by atoms with Crippen LogP contribution in [-0.2, 0) is 14.3 Å². The SMILES string of the molecule is COC(=O)CCNC(=O)CC1CC2CCC1C2. The maximum absolute atomic E-state index is 11.7. The van der Waals surface area contributed by atoms with Gasteiger partial charge in [0, 0.05) is 13.0 Å². The van der Waals surface area contributed by atoms with Crippen molar-refractivity contribution in [1.82, 2.24) is 5.32 Å². The van der Waals surface area contributed by atoms with Crippen molar-refractivity contribution in [1.29, 1.82) is 0 Å². The van der Waals surface area contributed by atoms with E-state index in [1.807, 2.05) is 0 Å². The molecule has 3 unspecified atom stereocenters. The topological polar surface area (TPSA) is 55.4 Å². The van der Waals surface area contributed by atoms with Crippen LogP contribution in [0.1, 0.15) is 38.5 Å². The number of methoxy groups -OCH3 is 1. The molecule has 2 aliphatic carbocycles. The molecule has 96 valence electrons. The van der Waals surface area contributed by atoms with Crippen LogP contribution >= 0.6 is 0 Å². The summed E-state index contributed by atoms with van der Waals surface area (Å²) in [5.41, 5.74) is 0. The predicted octanol–water partition coefficient (Wildman–Crippen LogP) is 1.49. The normalized spacial score (nSPS) is 30.3. The molecule has 0 radical (unpaired) electrons. The van der Waals surface area contributed by atoms with Gasteiger partial charge in [0.05, 0.1) is 13.5 Å². The van der Waals surface area contributed by atoms with Gasteiger partial charge in [0.1, 0.15) is 0 Å². The highest BCUT2D eigenvalue weighted by Crippen LogP contribution is 2.49. The molecule has 0 aromatic carbocycles. The van der Waals surface area contributed by atoms with Crippen molar-refractivity contribution in [2.75, 3.05) is 13.7 Å². The van der Waals surface area contributed by atoms with Crippen LogP contribution in [0.4, 0.5) is 0 Å². The highest BCUT2D eigenvalue weighted by Gasteiger charge is 2.39. The van der Waals surface area contributed by atoms with E-state index in [2.05, 4.69) is 10.1 Å². The molecule has 4 heteroatoms. The molecular formula is C13H21NO3. The molecule has 2 aliphatic rings. The van der Waals surface area contributed by atoms with Gasteiger partial charge in [-0.1, -0.05) is 6.42 Å². The minimum Gasteiger partial charge on any atom is -0.469 e. The van der Waals surface area contributed by atoms with E-state index < -0.39 is 0 Å². The summed E-state index contributed by atoms with van der Waals surface area (Å²) in [5.74, 6) is 2.07. The van der Waals surface area contributed by atoms with Gasteiger partial charge >= 0.3 is 5.97 Å². The van der Waals surface area contributed by atoms with Crippen molar-refractivity contribution in [3.05, 3.63) is 0 Å². The number of nitrogens with one attached hydrogen (secondary N) is 1. The molecule has 2 saturated carbocycles. The van der Waals surface area contributed by atoms with Crippen molar-refractivity contribution >= 4 is 11.9 Å². The van der Waals surface area contributed by atoms with E-state index in [0.717, 1.165) is 11.8 Å². The third kappa shape index (κ3) is 3.20. The average Bonchev–Trinajstić information content (AvgIpc) is 2.90. The fourth-order valence-corrected chi connectivity index (χ4v) is 3.34. The minimum absolute atomic E-state index is 0.0893. The third-order valence-corrected chi connectivity index (χ3v) is 4.21. The molecular weight excluding hydrogens is 218 g/mol. The Balaban J connectivity index is 1.63. The monoisotopic (exact) mass is 239 g/mol. The van der Waals surface area contributed by atoms with Crippen LogP contribution in [0.5, 0.6) is 0 Å². The largest absolute Gasteiger partial charge is 0.469 e. The van der Waals surface area contributed by atoms with Crippen molar-refractivity contribution in [3.8, 4) is 0 Å². The molecule has 3 atom stereocenters. The van der Waals surface area contributed by atoms with Gasteiger partial charge in [0.15, 0.2) is 0 Å². The van der Waals surface area contributed by atoms with Crippen molar-refractivity contribution in [2.45, 2.75) is 38.5 Å². The molecule has 17 heavy (non-hydrogen) atoms. The van der Waals surface area contributed by atoms with Crippen LogP contribution in [-0.4, -0.2) is 25.5 Å². The van der Waals surface area contributed by atoms with E-state index in [4.69, 9.17) is 0 Å². The van der Waals surface area contributed by atoms with E-state index >= 15 is 0 Å². The lowest BCUT2D eigenvalue weighted by Crippen LogP contribution is -2.29. The van der Waals surface area contributed by atoms with Gasteiger partial charge in [-0.05, 0) is 37.0 Å². The highest BCUT2D eigenvalue weighted by molar-refractivity contribution is 5.77. The second-order valence-electron chi connectivity index (χ2n) is 5.32. The van der Waals surface area contributed by atoms with Crippen LogP contribution in [0.15, 0.2) is 0 Å². The van der Waals surface area contributed by atoms with Crippen LogP contribution in [0, 0.1) is 17.8 Å². The minimum atomic E-state index is -0.273. The van der Waals surface area contributed by atoms with Gasteiger partial charge in [-0.3, -0.25) is 9.59 Å². The summed E-state index contributed by atoms with van der Waals surface area (Å²) < 4.78 is 4.52. The van der Waals surface area contributed by atoms with E-state index in [-0.39, 0.29) is 18.3 Å². The van der Waals surface area contributed by atoms with Gasteiger partial charge < -0.3 is 10.1 Å². The summed E-state index contributed by atoms with van der Waals surface area (Å²) in [5, 5.41) is 2.79. The fourth-order valence-electron chi connectivity index (χ4n) is 3.34. The number of hydrogen-bond acceptors (Lipinski definition) is 3. The lowest BCUT2D eigenvalue weighted by molar-refractivity contribution is -0.140. The lowest BCUT2D eigenvalue weighted by Gasteiger charge is -2.20. The van der Waals surface area contributed by atoms with E-state index in [0.29, 0.717) is 18.9 Å². The Kier molecular flexibility index (Phi) is 4.02. The number of hydrogen-bond donors (Lipinski definition) is 1. The summed E-state index contributed by atoms with van der Waals surface area (Å²) in [4.78, 5) is 22.6. The molecule has 0 aliphatic heterocycles.